The average Bonchev–Trinajstić information content (AvgIpc) is 3.02. The van der Waals surface area contributed by atoms with Crippen molar-refractivity contribution < 1.29 is 4.74 Å². The summed E-state index contributed by atoms with van der Waals surface area (Å²) >= 11 is 7.72. The van der Waals surface area contributed by atoms with Gasteiger partial charge >= 0.3 is 0 Å². The van der Waals surface area contributed by atoms with E-state index in [-0.39, 0.29) is 0 Å². The fourth-order valence-electron chi connectivity index (χ4n) is 2.11. The van der Waals surface area contributed by atoms with Gasteiger partial charge in [0.2, 0.25) is 0 Å². The molecule has 0 saturated heterocycles. The van der Waals surface area contributed by atoms with Gasteiger partial charge in [-0.05, 0) is 29.6 Å². The van der Waals surface area contributed by atoms with Gasteiger partial charge in [0.05, 0.1) is 22.5 Å². The lowest BCUT2D eigenvalue weighted by molar-refractivity contribution is 0.188. The standard InChI is InChI=1S/C14H13ClN2OS/c1-18-7-6-17-12-5-4-10(15)9-11(12)16-14(17)13-3-2-8-19-13/h2-5,8-9H,6-7H2,1H3. The van der Waals surface area contributed by atoms with E-state index in [0.29, 0.717) is 11.6 Å². The minimum atomic E-state index is 0.659. The Balaban J connectivity index is 2.18. The van der Waals surface area contributed by atoms with Crippen molar-refractivity contribution in [2.45, 2.75) is 6.54 Å². The van der Waals surface area contributed by atoms with Crippen LogP contribution in [0.2, 0.25) is 5.02 Å². The van der Waals surface area contributed by atoms with E-state index in [9.17, 15) is 0 Å². The van der Waals surface area contributed by atoms with Crippen molar-refractivity contribution in [3.63, 3.8) is 0 Å². The molecule has 0 unspecified atom stereocenters. The van der Waals surface area contributed by atoms with Gasteiger partial charge in [0.15, 0.2) is 5.82 Å². The molecule has 3 aromatic rings. The summed E-state index contributed by atoms with van der Waals surface area (Å²) in [6.07, 6.45) is 0. The summed E-state index contributed by atoms with van der Waals surface area (Å²) in [4.78, 5) is 5.86. The van der Waals surface area contributed by atoms with E-state index in [4.69, 9.17) is 21.3 Å². The summed E-state index contributed by atoms with van der Waals surface area (Å²) in [7, 11) is 1.71. The number of halogens is 1. The normalized spacial score (nSPS) is 11.3. The van der Waals surface area contributed by atoms with Crippen LogP contribution in [0.5, 0.6) is 0 Å². The highest BCUT2D eigenvalue weighted by Crippen LogP contribution is 2.29. The second-order valence-corrected chi connectivity index (χ2v) is 5.57. The minimum absolute atomic E-state index is 0.659. The van der Waals surface area contributed by atoms with Crippen molar-refractivity contribution in [2.24, 2.45) is 0 Å². The Morgan fingerprint density at radius 3 is 3.00 bits per heavy atom. The van der Waals surface area contributed by atoms with Gasteiger partial charge in [-0.2, -0.15) is 0 Å². The Morgan fingerprint density at radius 2 is 2.26 bits per heavy atom. The van der Waals surface area contributed by atoms with Crippen LogP contribution in [0.3, 0.4) is 0 Å². The van der Waals surface area contributed by atoms with E-state index in [1.54, 1.807) is 18.4 Å². The van der Waals surface area contributed by atoms with Crippen molar-refractivity contribution in [2.75, 3.05) is 13.7 Å². The molecular weight excluding hydrogens is 280 g/mol. The number of aromatic nitrogens is 2. The molecule has 2 heterocycles. The smallest absolute Gasteiger partial charge is 0.151 e. The maximum absolute atomic E-state index is 6.04. The number of ether oxygens (including phenoxy) is 1. The summed E-state index contributed by atoms with van der Waals surface area (Å²) in [6, 6.07) is 9.92. The molecule has 0 saturated carbocycles. The first-order chi connectivity index (χ1) is 9.29. The maximum atomic E-state index is 6.04. The van der Waals surface area contributed by atoms with E-state index in [0.717, 1.165) is 28.3 Å². The molecule has 2 aromatic heterocycles. The monoisotopic (exact) mass is 292 g/mol. The summed E-state index contributed by atoms with van der Waals surface area (Å²) < 4.78 is 7.37. The molecule has 5 heteroatoms. The topological polar surface area (TPSA) is 27.1 Å². The molecule has 0 N–H and O–H groups in total. The van der Waals surface area contributed by atoms with E-state index < -0.39 is 0 Å². The van der Waals surface area contributed by atoms with E-state index >= 15 is 0 Å². The Kier molecular flexibility index (Phi) is 3.55. The minimum Gasteiger partial charge on any atom is -0.383 e. The van der Waals surface area contributed by atoms with E-state index in [1.165, 1.54) is 0 Å². The number of imidazole rings is 1. The Hall–Kier alpha value is -1.36. The molecule has 19 heavy (non-hydrogen) atoms. The molecule has 0 radical (unpaired) electrons. The van der Waals surface area contributed by atoms with Gasteiger partial charge in [-0.3, -0.25) is 0 Å². The zero-order chi connectivity index (χ0) is 13.2. The molecule has 3 rings (SSSR count). The molecule has 0 atom stereocenters. The molecule has 0 aliphatic carbocycles. The quantitative estimate of drug-likeness (QED) is 0.725. The number of hydrogen-bond donors (Lipinski definition) is 0. The highest BCUT2D eigenvalue weighted by Gasteiger charge is 2.13. The SMILES string of the molecule is COCCn1c(-c2cccs2)nc2cc(Cl)ccc21. The molecule has 0 amide bonds. The third-order valence-electron chi connectivity index (χ3n) is 2.97. The number of rotatable bonds is 4. The molecule has 3 nitrogen and oxygen atoms in total. The van der Waals surface area contributed by atoms with Gasteiger partial charge in [0, 0.05) is 18.7 Å². The maximum Gasteiger partial charge on any atom is 0.151 e. The van der Waals surface area contributed by atoms with Crippen LogP contribution in [0, 0.1) is 0 Å². The molecular formula is C14H13ClN2OS. The van der Waals surface area contributed by atoms with Crippen molar-refractivity contribution >= 4 is 34.0 Å². The Bertz CT molecular complexity index is 691. The van der Waals surface area contributed by atoms with Gasteiger partial charge in [-0.1, -0.05) is 17.7 Å². The summed E-state index contributed by atoms with van der Waals surface area (Å²) in [5.74, 6) is 0.976. The first-order valence-corrected chi connectivity index (χ1v) is 7.24. The van der Waals surface area contributed by atoms with Crippen LogP contribution in [0.15, 0.2) is 35.7 Å². The molecule has 0 spiro atoms. The largest absolute Gasteiger partial charge is 0.383 e. The van der Waals surface area contributed by atoms with Gasteiger partial charge in [-0.15, -0.1) is 11.3 Å². The van der Waals surface area contributed by atoms with Crippen molar-refractivity contribution in [3.05, 3.63) is 40.7 Å². The van der Waals surface area contributed by atoms with Gasteiger partial charge in [-0.25, -0.2) is 4.98 Å². The lowest BCUT2D eigenvalue weighted by Crippen LogP contribution is -2.05. The van der Waals surface area contributed by atoms with Gasteiger partial charge in [0.1, 0.15) is 0 Å². The molecule has 0 fully saturated rings. The number of hydrogen-bond acceptors (Lipinski definition) is 3. The predicted molar refractivity (Wildman–Crippen MR) is 79.9 cm³/mol. The van der Waals surface area contributed by atoms with Crippen LogP contribution in [0.4, 0.5) is 0 Å². The predicted octanol–water partition coefficient (Wildman–Crippen LogP) is 4.06. The molecule has 0 aliphatic rings. The molecule has 0 bridgehead atoms. The lowest BCUT2D eigenvalue weighted by Gasteiger charge is -2.07. The van der Waals surface area contributed by atoms with Gasteiger partial charge in [0.25, 0.3) is 0 Å². The number of nitrogens with zero attached hydrogens (tertiary/aromatic N) is 2. The number of fused-ring (bicyclic) bond motifs is 1. The van der Waals surface area contributed by atoms with Crippen LogP contribution in [0.1, 0.15) is 0 Å². The number of thiophene rings is 1. The first-order valence-electron chi connectivity index (χ1n) is 5.98. The van der Waals surface area contributed by atoms with Crippen LogP contribution < -0.4 is 0 Å². The zero-order valence-electron chi connectivity index (χ0n) is 10.5. The van der Waals surface area contributed by atoms with Crippen LogP contribution >= 0.6 is 22.9 Å². The second kappa shape index (κ2) is 5.33. The van der Waals surface area contributed by atoms with Crippen LogP contribution in [0.25, 0.3) is 21.7 Å². The number of benzene rings is 1. The van der Waals surface area contributed by atoms with Crippen molar-refractivity contribution in [1.82, 2.24) is 9.55 Å². The fraction of sp³-hybridized carbons (Fsp3) is 0.214. The van der Waals surface area contributed by atoms with E-state index in [2.05, 4.69) is 16.0 Å². The lowest BCUT2D eigenvalue weighted by atomic mass is 10.3. The van der Waals surface area contributed by atoms with Crippen LogP contribution in [-0.4, -0.2) is 23.3 Å². The Labute approximate surface area is 120 Å². The fourth-order valence-corrected chi connectivity index (χ4v) is 2.99. The highest BCUT2D eigenvalue weighted by molar-refractivity contribution is 7.13. The highest BCUT2D eigenvalue weighted by atomic mass is 35.5. The first kappa shape index (κ1) is 12.7. The molecule has 0 aliphatic heterocycles. The molecule has 1 aromatic carbocycles. The third-order valence-corrected chi connectivity index (χ3v) is 4.07. The molecule has 98 valence electrons. The van der Waals surface area contributed by atoms with Crippen molar-refractivity contribution in [1.29, 1.82) is 0 Å². The summed E-state index contributed by atoms with van der Waals surface area (Å²) in [6.45, 7) is 1.44. The van der Waals surface area contributed by atoms with Gasteiger partial charge < -0.3 is 9.30 Å². The zero-order valence-corrected chi connectivity index (χ0v) is 12.0. The second-order valence-electron chi connectivity index (χ2n) is 4.19. The van der Waals surface area contributed by atoms with Crippen LogP contribution in [-0.2, 0) is 11.3 Å². The number of methoxy groups -OCH3 is 1. The Morgan fingerprint density at radius 1 is 1.37 bits per heavy atom. The summed E-state index contributed by atoms with van der Waals surface area (Å²) in [5.41, 5.74) is 2.01. The third kappa shape index (κ3) is 2.39. The average molecular weight is 293 g/mol. The van der Waals surface area contributed by atoms with E-state index in [1.807, 2.05) is 24.3 Å². The summed E-state index contributed by atoms with van der Waals surface area (Å²) in [5, 5.41) is 2.77. The van der Waals surface area contributed by atoms with Crippen molar-refractivity contribution in [3.8, 4) is 10.7 Å².